The smallest absolute Gasteiger partial charge is 0.182 e. The van der Waals surface area contributed by atoms with Gasteiger partial charge in [0, 0.05) is 33.7 Å². The third-order valence-electron chi connectivity index (χ3n) is 8.09. The average Bonchev–Trinajstić information content (AvgIpc) is 3.23. The van der Waals surface area contributed by atoms with Gasteiger partial charge in [-0.3, -0.25) is 4.90 Å². The van der Waals surface area contributed by atoms with E-state index in [9.17, 15) is 4.55 Å². The van der Waals surface area contributed by atoms with Gasteiger partial charge in [0.2, 0.25) is 0 Å². The van der Waals surface area contributed by atoms with Gasteiger partial charge < -0.3 is 4.55 Å². The first-order valence-electron chi connectivity index (χ1n) is 12.4. The Bertz CT molecular complexity index is 1720. The van der Waals surface area contributed by atoms with Crippen LogP contribution < -0.4 is 4.90 Å². The van der Waals surface area contributed by atoms with Crippen LogP contribution in [0.3, 0.4) is 0 Å². The van der Waals surface area contributed by atoms with Crippen LogP contribution >= 0.6 is 12.6 Å². The molecule has 0 N–H and O–H groups in total. The van der Waals surface area contributed by atoms with Crippen molar-refractivity contribution in [1.29, 1.82) is 0 Å². The van der Waals surface area contributed by atoms with Crippen LogP contribution in [-0.2, 0) is 16.6 Å². The van der Waals surface area contributed by atoms with Gasteiger partial charge in [-0.15, -0.1) is 0 Å². The van der Waals surface area contributed by atoms with Crippen LogP contribution in [0.15, 0.2) is 113 Å². The highest BCUT2D eigenvalue weighted by atomic mass is 32.2. The molecule has 0 saturated heterocycles. The first-order chi connectivity index (χ1) is 18.1. The molecule has 0 fully saturated rings. The molecule has 3 nitrogen and oxygen atoms in total. The molecular weight excluding hydrogens is 492 g/mol. The molecule has 0 radical (unpaired) electrons. The number of thiol groups is 1. The fourth-order valence-electron chi connectivity index (χ4n) is 6.62. The molecule has 8 rings (SSSR count). The number of pyridine rings is 1. The molecular formula is C32H22N2OS2. The molecule has 178 valence electrons. The zero-order valence-electron chi connectivity index (χ0n) is 20.1. The van der Waals surface area contributed by atoms with Crippen molar-refractivity contribution in [1.82, 2.24) is 4.98 Å². The van der Waals surface area contributed by atoms with Crippen molar-refractivity contribution in [2.45, 2.75) is 27.4 Å². The molecule has 37 heavy (non-hydrogen) atoms. The number of para-hydroxylation sites is 1. The molecule has 1 spiro atoms. The van der Waals surface area contributed by atoms with Crippen LogP contribution in [0, 0.1) is 0 Å². The van der Waals surface area contributed by atoms with Gasteiger partial charge in [0.05, 0.1) is 5.41 Å². The zero-order valence-corrected chi connectivity index (χ0v) is 21.8. The van der Waals surface area contributed by atoms with Gasteiger partial charge in [-0.1, -0.05) is 72.8 Å². The lowest BCUT2D eigenvalue weighted by molar-refractivity contribution is 0.592. The van der Waals surface area contributed by atoms with Crippen molar-refractivity contribution in [3.05, 3.63) is 131 Å². The van der Waals surface area contributed by atoms with Crippen molar-refractivity contribution in [3.63, 3.8) is 0 Å². The standard InChI is InChI=1S/C32H22N2OS2/c1-19(36)20-15-16-28-27(18-20)34-30-25(12-6-14-29(30)37(28)35)32(26-13-7-17-33-31(26)34)23-10-4-2-8-21(23)22-9-3-5-11-24(22)32/h2-19,36H,1H3. The molecule has 0 bridgehead atoms. The maximum absolute atomic E-state index is 14.1. The maximum Gasteiger partial charge on any atom is 0.182 e. The van der Waals surface area contributed by atoms with E-state index in [4.69, 9.17) is 17.6 Å². The molecule has 1 aliphatic carbocycles. The minimum absolute atomic E-state index is 0.0586. The van der Waals surface area contributed by atoms with E-state index in [0.717, 1.165) is 43.7 Å². The van der Waals surface area contributed by atoms with Crippen molar-refractivity contribution in [3.8, 4) is 11.1 Å². The molecule has 2 aliphatic heterocycles. The molecule has 0 saturated carbocycles. The van der Waals surface area contributed by atoms with Gasteiger partial charge in [-0.25, -0.2) is 4.98 Å². The molecule has 5 aromatic rings. The topological polar surface area (TPSA) is 39.2 Å². The van der Waals surface area contributed by atoms with Crippen LogP contribution in [0.2, 0.25) is 0 Å². The van der Waals surface area contributed by atoms with Gasteiger partial charge in [0.15, 0.2) is 9.79 Å². The number of rotatable bonds is 1. The molecule has 2 unspecified atom stereocenters. The number of hydrogen-bond acceptors (Lipinski definition) is 4. The zero-order chi connectivity index (χ0) is 24.9. The van der Waals surface area contributed by atoms with E-state index in [-0.39, 0.29) is 5.25 Å². The Morgan fingerprint density at radius 2 is 1.46 bits per heavy atom. The van der Waals surface area contributed by atoms with E-state index in [1.54, 1.807) is 0 Å². The molecule has 3 heterocycles. The quantitative estimate of drug-likeness (QED) is 0.180. The molecule has 3 aliphatic rings. The molecule has 4 aromatic carbocycles. The van der Waals surface area contributed by atoms with E-state index in [1.165, 1.54) is 22.3 Å². The van der Waals surface area contributed by atoms with Gasteiger partial charge >= 0.3 is 0 Å². The summed E-state index contributed by atoms with van der Waals surface area (Å²) in [6.07, 6.45) is 1.86. The largest absolute Gasteiger partial charge is 0.606 e. The Balaban J connectivity index is 1.55. The molecule has 0 amide bonds. The highest BCUT2D eigenvalue weighted by Crippen LogP contribution is 2.65. The summed E-state index contributed by atoms with van der Waals surface area (Å²) < 4.78 is 14.1. The fraction of sp³-hybridized carbons (Fsp3) is 0.0938. The van der Waals surface area contributed by atoms with Crippen molar-refractivity contribution < 1.29 is 4.55 Å². The van der Waals surface area contributed by atoms with Crippen molar-refractivity contribution >= 4 is 41.0 Å². The van der Waals surface area contributed by atoms with E-state index >= 15 is 0 Å². The number of aromatic nitrogens is 1. The number of benzene rings is 4. The lowest BCUT2D eigenvalue weighted by Gasteiger charge is -2.46. The van der Waals surface area contributed by atoms with Crippen LogP contribution in [0.1, 0.15) is 40.0 Å². The number of nitrogens with zero attached hydrogens (tertiary/aromatic N) is 2. The Hall–Kier alpha value is -3.51. The monoisotopic (exact) mass is 514 g/mol. The first kappa shape index (κ1) is 21.6. The summed E-state index contributed by atoms with van der Waals surface area (Å²) in [5, 5.41) is 0.0586. The Morgan fingerprint density at radius 1 is 0.784 bits per heavy atom. The van der Waals surface area contributed by atoms with Gasteiger partial charge in [0.1, 0.15) is 17.2 Å². The molecule has 5 heteroatoms. The highest BCUT2D eigenvalue weighted by molar-refractivity contribution is 7.92. The summed E-state index contributed by atoms with van der Waals surface area (Å²) in [6.45, 7) is 2.06. The second kappa shape index (κ2) is 7.51. The SMILES string of the molecule is CC(S)c1ccc2c(c1)N1c3ncccc3C3(c4ccccc4-c4ccccc43)c3cccc(c31)[S+]2[O-]. The second-order valence-corrected chi connectivity index (χ2v) is 12.1. The molecule has 1 aromatic heterocycles. The molecule has 2 atom stereocenters. The lowest BCUT2D eigenvalue weighted by atomic mass is 9.65. The van der Waals surface area contributed by atoms with E-state index in [0.29, 0.717) is 0 Å². The summed E-state index contributed by atoms with van der Waals surface area (Å²) in [5.74, 6) is 0.885. The summed E-state index contributed by atoms with van der Waals surface area (Å²) in [7, 11) is 0. The van der Waals surface area contributed by atoms with E-state index in [1.807, 2.05) is 30.5 Å². The summed E-state index contributed by atoms with van der Waals surface area (Å²) in [6, 6.07) is 34.1. The van der Waals surface area contributed by atoms with Gasteiger partial charge in [-0.05, 0) is 59.0 Å². The number of fused-ring (bicyclic) bond motifs is 11. The number of anilines is 3. The van der Waals surface area contributed by atoms with Crippen LogP contribution in [0.25, 0.3) is 11.1 Å². The maximum atomic E-state index is 14.1. The minimum atomic E-state index is -1.31. The second-order valence-electron chi connectivity index (χ2n) is 9.88. The Kier molecular flexibility index (Phi) is 4.38. The minimum Gasteiger partial charge on any atom is -0.606 e. The van der Waals surface area contributed by atoms with E-state index < -0.39 is 16.6 Å². The third-order valence-corrected chi connectivity index (χ3v) is 9.86. The van der Waals surface area contributed by atoms with Crippen LogP contribution in [0.4, 0.5) is 17.2 Å². The third kappa shape index (κ3) is 2.57. The predicted octanol–water partition coefficient (Wildman–Crippen LogP) is 7.70. The predicted molar refractivity (Wildman–Crippen MR) is 152 cm³/mol. The Labute approximate surface area is 224 Å². The average molecular weight is 515 g/mol. The number of hydrogen-bond donors (Lipinski definition) is 1. The van der Waals surface area contributed by atoms with Crippen LogP contribution in [-0.4, -0.2) is 9.54 Å². The normalized spacial score (nSPS) is 17.9. The lowest BCUT2D eigenvalue weighted by Crippen LogP contribution is -2.39. The van der Waals surface area contributed by atoms with Gasteiger partial charge in [-0.2, -0.15) is 12.6 Å². The highest BCUT2D eigenvalue weighted by Gasteiger charge is 2.55. The van der Waals surface area contributed by atoms with Crippen molar-refractivity contribution in [2.24, 2.45) is 0 Å². The summed E-state index contributed by atoms with van der Waals surface area (Å²) in [4.78, 5) is 8.89. The van der Waals surface area contributed by atoms with Gasteiger partial charge in [0.25, 0.3) is 0 Å². The van der Waals surface area contributed by atoms with E-state index in [2.05, 4.69) is 84.6 Å². The first-order valence-corrected chi connectivity index (χ1v) is 14.1. The summed E-state index contributed by atoms with van der Waals surface area (Å²) >= 11 is 3.39. The van der Waals surface area contributed by atoms with Crippen molar-refractivity contribution in [2.75, 3.05) is 4.90 Å². The fourth-order valence-corrected chi connectivity index (χ4v) is 8.13. The summed E-state index contributed by atoms with van der Waals surface area (Å²) in [5.41, 5.74) is 9.70. The Morgan fingerprint density at radius 3 is 2.19 bits per heavy atom. The van der Waals surface area contributed by atoms with Crippen LogP contribution in [0.5, 0.6) is 0 Å².